The average Bonchev–Trinajstić information content (AvgIpc) is 3.33. The number of hydrogen-bond acceptors (Lipinski definition) is 7. The molecule has 3 heterocycles. The molecular weight excluding hydrogens is 418 g/mol. The molecule has 0 saturated heterocycles. The molecule has 4 aromatic rings. The van der Waals surface area contributed by atoms with Gasteiger partial charge < -0.3 is 10.1 Å². The van der Waals surface area contributed by atoms with E-state index in [9.17, 15) is 4.79 Å². The quantitative estimate of drug-likeness (QED) is 0.466. The molecule has 1 aromatic carbocycles. The molecule has 0 radical (unpaired) electrons. The largest absolute Gasteiger partial charge is 0.374 e. The van der Waals surface area contributed by atoms with Gasteiger partial charge in [-0.3, -0.25) is 19.7 Å². The third-order valence-corrected chi connectivity index (χ3v) is 5.19. The molecule has 9 heteroatoms. The monoisotopic (exact) mass is 443 g/mol. The van der Waals surface area contributed by atoms with Gasteiger partial charge in [-0.1, -0.05) is 6.07 Å². The Morgan fingerprint density at radius 1 is 1.06 bits per heavy atom. The number of methoxy groups -OCH3 is 1. The lowest BCUT2D eigenvalue weighted by atomic mass is 10.0. The number of amides is 1. The summed E-state index contributed by atoms with van der Waals surface area (Å²) in [6, 6.07) is 9.43. The van der Waals surface area contributed by atoms with E-state index in [1.54, 1.807) is 36.4 Å². The fourth-order valence-electron chi connectivity index (χ4n) is 3.27. The van der Waals surface area contributed by atoms with Crippen LogP contribution in [0.15, 0.2) is 55.2 Å². The van der Waals surface area contributed by atoms with Crippen molar-refractivity contribution in [1.29, 1.82) is 0 Å². The van der Waals surface area contributed by atoms with E-state index in [-0.39, 0.29) is 18.6 Å². The summed E-state index contributed by atoms with van der Waals surface area (Å²) in [5.41, 5.74) is 5.25. The minimum absolute atomic E-state index is 0.242. The molecule has 0 aliphatic rings. The first-order valence-electron chi connectivity index (χ1n) is 10.5. The van der Waals surface area contributed by atoms with E-state index in [1.165, 1.54) is 6.33 Å². The molecule has 1 N–H and O–H groups in total. The van der Waals surface area contributed by atoms with E-state index in [2.05, 4.69) is 30.4 Å². The maximum absolute atomic E-state index is 13.1. The van der Waals surface area contributed by atoms with Crippen molar-refractivity contribution in [2.75, 3.05) is 7.11 Å². The van der Waals surface area contributed by atoms with E-state index in [1.807, 2.05) is 45.0 Å². The summed E-state index contributed by atoms with van der Waals surface area (Å²) in [6.07, 6.45) is 6.32. The summed E-state index contributed by atoms with van der Waals surface area (Å²) >= 11 is 0. The highest BCUT2D eigenvalue weighted by Crippen LogP contribution is 2.25. The second kappa shape index (κ2) is 9.66. The summed E-state index contributed by atoms with van der Waals surface area (Å²) in [5, 5.41) is 7.27. The predicted octanol–water partition coefficient (Wildman–Crippen LogP) is 3.37. The number of nitrogens with one attached hydrogen (secondary N) is 1. The number of benzene rings is 1. The van der Waals surface area contributed by atoms with Gasteiger partial charge in [-0.2, -0.15) is 5.10 Å². The molecule has 33 heavy (non-hydrogen) atoms. The van der Waals surface area contributed by atoms with Crippen LogP contribution in [0.4, 0.5) is 0 Å². The highest BCUT2D eigenvalue weighted by Gasteiger charge is 2.17. The molecule has 0 saturated carbocycles. The Bertz CT molecular complexity index is 1250. The summed E-state index contributed by atoms with van der Waals surface area (Å²) in [5.74, 6) is 0.391. The first-order valence-corrected chi connectivity index (χ1v) is 10.5. The molecule has 0 fully saturated rings. The summed E-state index contributed by atoms with van der Waals surface area (Å²) < 4.78 is 7.11. The Labute approximate surface area is 191 Å². The van der Waals surface area contributed by atoms with Crippen molar-refractivity contribution in [2.24, 2.45) is 0 Å². The number of ether oxygens (including phenoxy) is 1. The number of carbonyl (C=O) groups is 1. The minimum atomic E-state index is -0.272. The van der Waals surface area contributed by atoms with Gasteiger partial charge in [0, 0.05) is 30.6 Å². The Hall–Kier alpha value is -3.98. The maximum atomic E-state index is 13.1. The van der Waals surface area contributed by atoms with E-state index < -0.39 is 0 Å². The minimum Gasteiger partial charge on any atom is -0.374 e. The van der Waals surface area contributed by atoms with Crippen LogP contribution in [0.5, 0.6) is 0 Å². The zero-order valence-corrected chi connectivity index (χ0v) is 19.0. The molecule has 3 aromatic heterocycles. The van der Waals surface area contributed by atoms with Crippen LogP contribution in [0.1, 0.15) is 46.2 Å². The van der Waals surface area contributed by atoms with E-state index in [4.69, 9.17) is 4.74 Å². The van der Waals surface area contributed by atoms with Crippen molar-refractivity contribution in [3.8, 4) is 16.9 Å². The van der Waals surface area contributed by atoms with Gasteiger partial charge in [0.2, 0.25) is 0 Å². The van der Waals surface area contributed by atoms with Crippen LogP contribution >= 0.6 is 0 Å². The van der Waals surface area contributed by atoms with Gasteiger partial charge in [0.15, 0.2) is 5.82 Å². The number of aryl methyl sites for hydroxylation is 2. The summed E-state index contributed by atoms with van der Waals surface area (Å²) in [7, 11) is 1.61. The van der Waals surface area contributed by atoms with Crippen LogP contribution in [0.25, 0.3) is 16.9 Å². The fourth-order valence-corrected chi connectivity index (χ4v) is 3.27. The van der Waals surface area contributed by atoms with Gasteiger partial charge in [-0.25, -0.2) is 9.67 Å². The lowest BCUT2D eigenvalue weighted by Gasteiger charge is -2.14. The summed E-state index contributed by atoms with van der Waals surface area (Å²) in [4.78, 5) is 30.4. The number of pyridine rings is 1. The molecule has 1 amide bonds. The lowest BCUT2D eigenvalue weighted by Crippen LogP contribution is -2.24. The van der Waals surface area contributed by atoms with Crippen LogP contribution in [-0.2, 0) is 11.3 Å². The highest BCUT2D eigenvalue weighted by atomic mass is 16.5. The fraction of sp³-hybridized carbons (Fsp3) is 0.250. The highest BCUT2D eigenvalue weighted by molar-refractivity contribution is 5.96. The Balaban J connectivity index is 1.71. The van der Waals surface area contributed by atoms with E-state index in [0.29, 0.717) is 22.8 Å². The Morgan fingerprint density at radius 2 is 1.91 bits per heavy atom. The Morgan fingerprint density at radius 3 is 2.61 bits per heavy atom. The predicted molar refractivity (Wildman–Crippen MR) is 123 cm³/mol. The molecule has 0 bridgehead atoms. The van der Waals surface area contributed by atoms with Gasteiger partial charge >= 0.3 is 0 Å². The SMILES string of the molecule is COC(C)c1ncnn1-c1cc(C(=O)NCc2cnc(C)cn2)cc(-c2ccc(C)cn2)c1. The van der Waals surface area contributed by atoms with Gasteiger partial charge in [-0.05, 0) is 50.6 Å². The number of nitrogens with zero attached hydrogens (tertiary/aromatic N) is 6. The van der Waals surface area contributed by atoms with Crippen LogP contribution in [-0.4, -0.2) is 42.7 Å². The number of carbonyl (C=O) groups excluding carboxylic acids is 1. The topological polar surface area (TPSA) is 108 Å². The number of hydrogen-bond donors (Lipinski definition) is 1. The first-order chi connectivity index (χ1) is 15.9. The summed E-state index contributed by atoms with van der Waals surface area (Å²) in [6.45, 7) is 6.00. The zero-order valence-electron chi connectivity index (χ0n) is 19.0. The molecule has 168 valence electrons. The average molecular weight is 444 g/mol. The molecule has 9 nitrogen and oxygen atoms in total. The van der Waals surface area contributed by atoms with Crippen LogP contribution in [0.3, 0.4) is 0 Å². The van der Waals surface area contributed by atoms with E-state index in [0.717, 1.165) is 22.5 Å². The smallest absolute Gasteiger partial charge is 0.251 e. The lowest BCUT2D eigenvalue weighted by molar-refractivity contribution is 0.0950. The second-order valence-electron chi connectivity index (χ2n) is 7.73. The van der Waals surface area contributed by atoms with E-state index >= 15 is 0 Å². The van der Waals surface area contributed by atoms with Gasteiger partial charge in [0.1, 0.15) is 12.4 Å². The molecule has 0 spiro atoms. The van der Waals surface area contributed by atoms with Crippen LogP contribution in [0.2, 0.25) is 0 Å². The number of rotatable bonds is 7. The van der Waals surface area contributed by atoms with Crippen molar-refractivity contribution < 1.29 is 9.53 Å². The van der Waals surface area contributed by atoms with Gasteiger partial charge in [0.05, 0.1) is 35.5 Å². The van der Waals surface area contributed by atoms with Gasteiger partial charge in [-0.15, -0.1) is 0 Å². The third kappa shape index (κ3) is 5.09. The maximum Gasteiger partial charge on any atom is 0.251 e. The third-order valence-electron chi connectivity index (χ3n) is 5.19. The molecule has 1 unspecified atom stereocenters. The van der Waals surface area contributed by atoms with Crippen molar-refractivity contribution in [3.05, 3.63) is 83.6 Å². The zero-order chi connectivity index (χ0) is 23.4. The van der Waals surface area contributed by atoms with Crippen molar-refractivity contribution >= 4 is 5.91 Å². The first kappa shape index (κ1) is 22.2. The molecule has 0 aliphatic heterocycles. The van der Waals surface area contributed by atoms with Crippen molar-refractivity contribution in [2.45, 2.75) is 33.4 Å². The molecular formula is C24H25N7O2. The molecule has 1 atom stereocenters. The van der Waals surface area contributed by atoms with Crippen LogP contribution in [0, 0.1) is 13.8 Å². The van der Waals surface area contributed by atoms with Gasteiger partial charge in [0.25, 0.3) is 5.91 Å². The number of aromatic nitrogens is 6. The Kier molecular flexibility index (Phi) is 6.50. The standard InChI is InChI=1S/C24H25N7O2/c1-15-5-6-22(27-10-15)18-7-19(24(32)28-13-20-12-25-16(2)11-26-20)9-21(8-18)31-23(17(3)33-4)29-14-30-31/h5-12,14,17H,13H2,1-4H3,(H,28,32). The molecule has 4 rings (SSSR count). The second-order valence-corrected chi connectivity index (χ2v) is 7.73. The van der Waals surface area contributed by atoms with Crippen LogP contribution < -0.4 is 5.32 Å². The van der Waals surface area contributed by atoms with Crippen molar-refractivity contribution in [1.82, 2.24) is 35.0 Å². The van der Waals surface area contributed by atoms with Crippen molar-refractivity contribution in [3.63, 3.8) is 0 Å². The normalized spacial score (nSPS) is 11.9. The molecule has 0 aliphatic carbocycles.